The molecular formula is C17H24N2OS. The molecule has 0 aliphatic carbocycles. The van der Waals surface area contributed by atoms with E-state index in [-0.39, 0.29) is 0 Å². The minimum absolute atomic E-state index is 0.298. The van der Waals surface area contributed by atoms with Gasteiger partial charge in [-0.15, -0.1) is 0 Å². The first kappa shape index (κ1) is 14.9. The number of nitrogens with zero attached hydrogens (tertiary/aromatic N) is 2. The van der Waals surface area contributed by atoms with Crippen LogP contribution in [0.3, 0.4) is 0 Å². The van der Waals surface area contributed by atoms with Gasteiger partial charge in [0.25, 0.3) is 0 Å². The van der Waals surface area contributed by atoms with Gasteiger partial charge in [0.05, 0.1) is 0 Å². The van der Waals surface area contributed by atoms with Crippen molar-refractivity contribution in [1.82, 2.24) is 9.80 Å². The summed E-state index contributed by atoms with van der Waals surface area (Å²) in [6.45, 7) is 4.80. The summed E-state index contributed by atoms with van der Waals surface area (Å²) in [5, 5.41) is 0. The predicted octanol–water partition coefficient (Wildman–Crippen LogP) is 2.47. The maximum Gasteiger partial charge on any atom is 0.225 e. The van der Waals surface area contributed by atoms with Crippen LogP contribution in [-0.4, -0.2) is 53.4 Å². The molecule has 2 fully saturated rings. The molecule has 4 heteroatoms. The van der Waals surface area contributed by atoms with E-state index < -0.39 is 0 Å². The molecule has 2 aliphatic heterocycles. The van der Waals surface area contributed by atoms with Crippen molar-refractivity contribution in [1.29, 1.82) is 0 Å². The van der Waals surface area contributed by atoms with Gasteiger partial charge in [-0.25, -0.2) is 0 Å². The normalized spacial score (nSPS) is 21.4. The van der Waals surface area contributed by atoms with Crippen LogP contribution in [0.4, 0.5) is 0 Å². The van der Waals surface area contributed by atoms with Gasteiger partial charge in [0.2, 0.25) is 5.91 Å². The Kier molecular flexibility index (Phi) is 5.20. The fourth-order valence-corrected chi connectivity index (χ4v) is 4.28. The van der Waals surface area contributed by atoms with Crippen molar-refractivity contribution in [3.63, 3.8) is 0 Å². The van der Waals surface area contributed by atoms with Crippen LogP contribution in [0.5, 0.6) is 0 Å². The van der Waals surface area contributed by atoms with E-state index in [0.29, 0.717) is 11.8 Å². The van der Waals surface area contributed by atoms with Crippen molar-refractivity contribution in [2.45, 2.75) is 19.4 Å². The Morgan fingerprint density at radius 3 is 2.38 bits per heavy atom. The van der Waals surface area contributed by atoms with E-state index >= 15 is 0 Å². The molecular weight excluding hydrogens is 280 g/mol. The molecule has 0 aromatic heterocycles. The molecule has 114 valence electrons. The van der Waals surface area contributed by atoms with E-state index in [9.17, 15) is 4.79 Å². The fourth-order valence-electron chi connectivity index (χ4n) is 3.17. The first-order valence-corrected chi connectivity index (χ1v) is 9.11. The topological polar surface area (TPSA) is 23.6 Å². The number of carbonyl (C=O) groups excluding carboxylic acids is 1. The number of benzene rings is 1. The van der Waals surface area contributed by atoms with Gasteiger partial charge in [-0.3, -0.25) is 9.69 Å². The van der Waals surface area contributed by atoms with Crippen LogP contribution in [0.15, 0.2) is 30.3 Å². The third-order valence-corrected chi connectivity index (χ3v) is 5.55. The standard InChI is InChI=1S/C17H24N2OS/c20-17(16-6-12-21-13-7-16)19-10-8-18(9-11-19)14-15-4-2-1-3-5-15/h1-5,16H,6-14H2. The minimum Gasteiger partial charge on any atom is -0.340 e. The Hall–Kier alpha value is -1.00. The first-order valence-electron chi connectivity index (χ1n) is 7.96. The van der Waals surface area contributed by atoms with Crippen molar-refractivity contribution in [2.24, 2.45) is 5.92 Å². The summed E-state index contributed by atoms with van der Waals surface area (Å²) in [5.74, 6) is 3.02. The van der Waals surface area contributed by atoms with Gasteiger partial charge in [0.15, 0.2) is 0 Å². The highest BCUT2D eigenvalue weighted by Gasteiger charge is 2.28. The third-order valence-electron chi connectivity index (χ3n) is 4.50. The van der Waals surface area contributed by atoms with E-state index in [1.807, 2.05) is 11.8 Å². The van der Waals surface area contributed by atoms with Crippen LogP contribution in [-0.2, 0) is 11.3 Å². The van der Waals surface area contributed by atoms with Crippen molar-refractivity contribution in [2.75, 3.05) is 37.7 Å². The average Bonchev–Trinajstić information content (AvgIpc) is 2.57. The SMILES string of the molecule is O=C(C1CCSCC1)N1CCN(Cc2ccccc2)CC1. The van der Waals surface area contributed by atoms with Crippen LogP contribution in [0.25, 0.3) is 0 Å². The van der Waals surface area contributed by atoms with Crippen LogP contribution >= 0.6 is 11.8 Å². The summed E-state index contributed by atoms with van der Waals surface area (Å²) in [6, 6.07) is 10.6. The molecule has 2 saturated heterocycles. The van der Waals surface area contributed by atoms with Crippen LogP contribution < -0.4 is 0 Å². The van der Waals surface area contributed by atoms with Crippen LogP contribution in [0.1, 0.15) is 18.4 Å². The zero-order chi connectivity index (χ0) is 14.5. The second-order valence-corrected chi connectivity index (χ2v) is 7.20. The summed E-state index contributed by atoms with van der Waals surface area (Å²) in [4.78, 5) is 17.1. The lowest BCUT2D eigenvalue weighted by atomic mass is 10.0. The monoisotopic (exact) mass is 304 g/mol. The summed E-state index contributed by atoms with van der Waals surface area (Å²) in [6.07, 6.45) is 2.15. The van der Waals surface area contributed by atoms with Gasteiger partial charge in [0.1, 0.15) is 0 Å². The van der Waals surface area contributed by atoms with E-state index in [1.165, 1.54) is 5.56 Å². The lowest BCUT2D eigenvalue weighted by Crippen LogP contribution is -2.50. The Bertz CT molecular complexity index is 451. The van der Waals surface area contributed by atoms with E-state index in [2.05, 4.69) is 40.1 Å². The lowest BCUT2D eigenvalue weighted by Gasteiger charge is -2.37. The van der Waals surface area contributed by atoms with E-state index in [4.69, 9.17) is 0 Å². The molecule has 2 aliphatic rings. The molecule has 1 aromatic rings. The summed E-state index contributed by atoms with van der Waals surface area (Å²) < 4.78 is 0. The summed E-state index contributed by atoms with van der Waals surface area (Å²) >= 11 is 1.99. The van der Waals surface area contributed by atoms with E-state index in [0.717, 1.165) is 57.1 Å². The number of hydrogen-bond acceptors (Lipinski definition) is 3. The Labute approximate surface area is 131 Å². The number of amides is 1. The zero-order valence-corrected chi connectivity index (χ0v) is 13.4. The quantitative estimate of drug-likeness (QED) is 0.857. The maximum absolute atomic E-state index is 12.5. The maximum atomic E-state index is 12.5. The highest BCUT2D eigenvalue weighted by Crippen LogP contribution is 2.25. The molecule has 0 radical (unpaired) electrons. The van der Waals surface area contributed by atoms with Crippen molar-refractivity contribution < 1.29 is 4.79 Å². The molecule has 0 N–H and O–H groups in total. The second kappa shape index (κ2) is 7.32. The highest BCUT2D eigenvalue weighted by molar-refractivity contribution is 7.99. The van der Waals surface area contributed by atoms with Crippen LogP contribution in [0.2, 0.25) is 0 Å². The molecule has 1 aromatic carbocycles. The van der Waals surface area contributed by atoms with Crippen molar-refractivity contribution in [3.05, 3.63) is 35.9 Å². The van der Waals surface area contributed by atoms with E-state index in [1.54, 1.807) is 0 Å². The summed E-state index contributed by atoms with van der Waals surface area (Å²) in [7, 11) is 0. The second-order valence-electron chi connectivity index (χ2n) is 5.97. The van der Waals surface area contributed by atoms with Crippen molar-refractivity contribution in [3.8, 4) is 0 Å². The molecule has 21 heavy (non-hydrogen) atoms. The number of thioether (sulfide) groups is 1. The molecule has 0 bridgehead atoms. The molecule has 0 saturated carbocycles. The minimum atomic E-state index is 0.298. The van der Waals surface area contributed by atoms with Gasteiger partial charge in [-0.05, 0) is 29.9 Å². The third kappa shape index (κ3) is 4.01. The Morgan fingerprint density at radius 1 is 1.05 bits per heavy atom. The number of piperazine rings is 1. The van der Waals surface area contributed by atoms with Crippen LogP contribution in [0, 0.1) is 5.92 Å². The van der Waals surface area contributed by atoms with Gasteiger partial charge < -0.3 is 4.90 Å². The van der Waals surface area contributed by atoms with Gasteiger partial charge >= 0.3 is 0 Å². The summed E-state index contributed by atoms with van der Waals surface area (Å²) in [5.41, 5.74) is 1.36. The zero-order valence-electron chi connectivity index (χ0n) is 12.5. The Morgan fingerprint density at radius 2 is 1.71 bits per heavy atom. The Balaban J connectivity index is 1.47. The predicted molar refractivity (Wildman–Crippen MR) is 88.3 cm³/mol. The molecule has 1 amide bonds. The molecule has 3 rings (SSSR count). The average molecular weight is 304 g/mol. The molecule has 2 heterocycles. The number of carbonyl (C=O) groups is 1. The van der Waals surface area contributed by atoms with Gasteiger partial charge in [-0.1, -0.05) is 30.3 Å². The lowest BCUT2D eigenvalue weighted by molar-refractivity contribution is -0.137. The molecule has 3 nitrogen and oxygen atoms in total. The number of rotatable bonds is 3. The molecule has 0 spiro atoms. The number of hydrogen-bond donors (Lipinski definition) is 0. The van der Waals surface area contributed by atoms with Gasteiger partial charge in [0, 0.05) is 38.6 Å². The first-order chi connectivity index (χ1) is 10.3. The molecule has 0 unspecified atom stereocenters. The fraction of sp³-hybridized carbons (Fsp3) is 0.588. The largest absolute Gasteiger partial charge is 0.340 e. The van der Waals surface area contributed by atoms with Crippen molar-refractivity contribution >= 4 is 17.7 Å². The van der Waals surface area contributed by atoms with Gasteiger partial charge in [-0.2, -0.15) is 11.8 Å². The smallest absolute Gasteiger partial charge is 0.225 e. The molecule has 0 atom stereocenters. The highest BCUT2D eigenvalue weighted by atomic mass is 32.2.